The quantitative estimate of drug-likeness (QED) is 0.789. The van der Waals surface area contributed by atoms with Crippen molar-refractivity contribution in [2.45, 2.75) is 25.2 Å². The molecule has 0 spiro atoms. The van der Waals surface area contributed by atoms with Gasteiger partial charge in [0.2, 0.25) is 0 Å². The van der Waals surface area contributed by atoms with Crippen LogP contribution in [0.1, 0.15) is 17.3 Å². The van der Waals surface area contributed by atoms with Crippen LogP contribution in [0.3, 0.4) is 0 Å². The van der Waals surface area contributed by atoms with E-state index in [-0.39, 0.29) is 24.4 Å². The highest BCUT2D eigenvalue weighted by Crippen LogP contribution is 2.18. The Balaban J connectivity index is 2.13. The number of hydrogen-bond acceptors (Lipinski definition) is 4. The molecule has 0 aromatic heterocycles. The maximum absolute atomic E-state index is 13.1. The van der Waals surface area contributed by atoms with E-state index in [0.717, 1.165) is 12.1 Å². The number of likely N-dealkylation sites (tertiary alicyclic amines) is 1. The third kappa shape index (κ3) is 2.80. The van der Waals surface area contributed by atoms with Crippen LogP contribution in [0.15, 0.2) is 18.2 Å². The number of hydrogen-bond donors (Lipinski definition) is 2. The van der Waals surface area contributed by atoms with Crippen LogP contribution in [0.25, 0.3) is 0 Å². The van der Waals surface area contributed by atoms with E-state index in [0.29, 0.717) is 0 Å². The van der Waals surface area contributed by atoms with Gasteiger partial charge in [0, 0.05) is 18.7 Å². The largest absolute Gasteiger partial charge is 0.389 e. The summed E-state index contributed by atoms with van der Waals surface area (Å²) >= 11 is 0. The zero-order valence-corrected chi connectivity index (χ0v) is 10.4. The molecule has 1 aliphatic rings. The molecule has 104 valence electrons. The second-order valence-electron chi connectivity index (χ2n) is 4.76. The third-order valence-corrected chi connectivity index (χ3v) is 3.42. The SMILES string of the molecule is CC(C(=O)c1ccc(F)c(F)c1)N1CC(O)C(O)C1. The number of benzene rings is 1. The first-order valence-electron chi connectivity index (χ1n) is 5.99. The highest BCUT2D eigenvalue weighted by Gasteiger charge is 2.35. The van der Waals surface area contributed by atoms with E-state index in [1.807, 2.05) is 0 Å². The first-order chi connectivity index (χ1) is 8.90. The molecule has 1 aromatic rings. The standard InChI is InChI=1S/C13H15F2NO3/c1-7(16-5-11(17)12(18)6-16)13(19)8-2-3-9(14)10(15)4-8/h2-4,7,11-12,17-18H,5-6H2,1H3. The molecule has 0 saturated carbocycles. The van der Waals surface area contributed by atoms with Crippen LogP contribution in [-0.2, 0) is 0 Å². The van der Waals surface area contributed by atoms with Crippen LogP contribution in [0.2, 0.25) is 0 Å². The molecular formula is C13H15F2NO3. The number of carbonyl (C=O) groups excluding carboxylic acids is 1. The highest BCUT2D eigenvalue weighted by molar-refractivity contribution is 5.99. The molecule has 0 aliphatic carbocycles. The Morgan fingerprint density at radius 3 is 2.37 bits per heavy atom. The zero-order chi connectivity index (χ0) is 14.2. The molecule has 1 saturated heterocycles. The Kier molecular flexibility index (Phi) is 3.93. The van der Waals surface area contributed by atoms with Crippen molar-refractivity contribution < 1.29 is 23.8 Å². The van der Waals surface area contributed by atoms with Crippen LogP contribution in [0.5, 0.6) is 0 Å². The Morgan fingerprint density at radius 1 is 1.26 bits per heavy atom. The van der Waals surface area contributed by atoms with E-state index in [9.17, 15) is 23.8 Å². The van der Waals surface area contributed by atoms with Gasteiger partial charge in [0.05, 0.1) is 18.2 Å². The fourth-order valence-electron chi connectivity index (χ4n) is 2.17. The molecule has 1 fully saturated rings. The Morgan fingerprint density at radius 2 is 1.84 bits per heavy atom. The molecule has 4 nitrogen and oxygen atoms in total. The highest BCUT2D eigenvalue weighted by atomic mass is 19.2. The van der Waals surface area contributed by atoms with Crippen molar-refractivity contribution in [3.05, 3.63) is 35.4 Å². The summed E-state index contributed by atoms with van der Waals surface area (Å²) in [6.45, 7) is 1.96. The van der Waals surface area contributed by atoms with Crippen molar-refractivity contribution in [2.24, 2.45) is 0 Å². The molecule has 0 radical (unpaired) electrons. The van der Waals surface area contributed by atoms with E-state index in [4.69, 9.17) is 0 Å². The topological polar surface area (TPSA) is 60.8 Å². The minimum Gasteiger partial charge on any atom is -0.389 e. The van der Waals surface area contributed by atoms with Gasteiger partial charge in [-0.1, -0.05) is 0 Å². The number of carbonyl (C=O) groups is 1. The van der Waals surface area contributed by atoms with Crippen LogP contribution < -0.4 is 0 Å². The maximum atomic E-state index is 13.1. The molecule has 1 aromatic carbocycles. The summed E-state index contributed by atoms with van der Waals surface area (Å²) in [7, 11) is 0. The van der Waals surface area contributed by atoms with Gasteiger partial charge in [-0.2, -0.15) is 0 Å². The predicted octanol–water partition coefficient (Wildman–Crippen LogP) is 0.573. The average molecular weight is 271 g/mol. The summed E-state index contributed by atoms with van der Waals surface area (Å²) < 4.78 is 25.9. The van der Waals surface area contributed by atoms with E-state index in [1.165, 1.54) is 6.07 Å². The molecule has 6 heteroatoms. The van der Waals surface area contributed by atoms with Crippen molar-refractivity contribution in [1.29, 1.82) is 0 Å². The van der Waals surface area contributed by atoms with E-state index in [1.54, 1.807) is 11.8 Å². The van der Waals surface area contributed by atoms with Crippen molar-refractivity contribution in [1.82, 2.24) is 4.90 Å². The van der Waals surface area contributed by atoms with Gasteiger partial charge in [-0.05, 0) is 25.1 Å². The minimum atomic E-state index is -1.07. The lowest BCUT2D eigenvalue weighted by Crippen LogP contribution is -2.38. The van der Waals surface area contributed by atoms with Gasteiger partial charge < -0.3 is 10.2 Å². The first-order valence-corrected chi connectivity index (χ1v) is 5.99. The maximum Gasteiger partial charge on any atom is 0.179 e. The molecule has 0 amide bonds. The smallest absolute Gasteiger partial charge is 0.179 e. The number of ketones is 1. The minimum absolute atomic E-state index is 0.0716. The molecule has 1 heterocycles. The number of halogens is 2. The van der Waals surface area contributed by atoms with Gasteiger partial charge in [-0.25, -0.2) is 8.78 Å². The fraction of sp³-hybridized carbons (Fsp3) is 0.462. The summed E-state index contributed by atoms with van der Waals surface area (Å²) in [6.07, 6.45) is -1.78. The van der Waals surface area contributed by atoms with Gasteiger partial charge in [0.25, 0.3) is 0 Å². The summed E-state index contributed by atoms with van der Waals surface area (Å²) in [5.74, 6) is -2.45. The van der Waals surface area contributed by atoms with Crippen LogP contribution >= 0.6 is 0 Å². The molecular weight excluding hydrogens is 256 g/mol. The van der Waals surface area contributed by atoms with Crippen molar-refractivity contribution >= 4 is 5.78 Å². The molecule has 3 unspecified atom stereocenters. The summed E-state index contributed by atoms with van der Waals surface area (Å²) in [5, 5.41) is 18.9. The summed E-state index contributed by atoms with van der Waals surface area (Å²) in [6, 6.07) is 2.37. The molecule has 2 rings (SSSR count). The molecule has 19 heavy (non-hydrogen) atoms. The average Bonchev–Trinajstić information content (AvgIpc) is 2.71. The fourth-order valence-corrected chi connectivity index (χ4v) is 2.17. The lowest BCUT2D eigenvalue weighted by atomic mass is 10.0. The Bertz CT molecular complexity index is 485. The van der Waals surface area contributed by atoms with Gasteiger partial charge in [-0.3, -0.25) is 9.69 Å². The summed E-state index contributed by atoms with van der Waals surface area (Å²) in [5.41, 5.74) is 0.0716. The number of aliphatic hydroxyl groups is 2. The molecule has 2 N–H and O–H groups in total. The molecule has 1 aliphatic heterocycles. The number of aliphatic hydroxyl groups excluding tert-OH is 2. The van der Waals surface area contributed by atoms with Crippen molar-refractivity contribution in [3.63, 3.8) is 0 Å². The third-order valence-electron chi connectivity index (χ3n) is 3.42. The lowest BCUT2D eigenvalue weighted by molar-refractivity contribution is 0.0572. The van der Waals surface area contributed by atoms with E-state index < -0.39 is 29.9 Å². The van der Waals surface area contributed by atoms with Crippen molar-refractivity contribution in [2.75, 3.05) is 13.1 Å². The Hall–Kier alpha value is -1.37. The predicted molar refractivity (Wildman–Crippen MR) is 63.7 cm³/mol. The first kappa shape index (κ1) is 14.0. The Labute approximate surface area is 109 Å². The normalized spacial score (nSPS) is 25.5. The molecule has 3 atom stereocenters. The van der Waals surface area contributed by atoms with Gasteiger partial charge >= 0.3 is 0 Å². The number of nitrogens with zero attached hydrogens (tertiary/aromatic N) is 1. The van der Waals surface area contributed by atoms with Gasteiger partial charge in [0.1, 0.15) is 0 Å². The van der Waals surface area contributed by atoms with Crippen LogP contribution in [0.4, 0.5) is 8.78 Å². The van der Waals surface area contributed by atoms with E-state index in [2.05, 4.69) is 0 Å². The van der Waals surface area contributed by atoms with Crippen LogP contribution in [0, 0.1) is 11.6 Å². The van der Waals surface area contributed by atoms with Gasteiger partial charge in [0.15, 0.2) is 17.4 Å². The van der Waals surface area contributed by atoms with Crippen molar-refractivity contribution in [3.8, 4) is 0 Å². The second-order valence-corrected chi connectivity index (χ2v) is 4.76. The van der Waals surface area contributed by atoms with Gasteiger partial charge in [-0.15, -0.1) is 0 Å². The number of β-amino-alcohol motifs (C(OH)–C–C–N with tert-alkyl or cyclic N) is 2. The van der Waals surface area contributed by atoms with E-state index >= 15 is 0 Å². The monoisotopic (exact) mass is 271 g/mol. The number of Topliss-reactive ketones (excluding diaryl/α,β-unsaturated/α-hetero) is 1. The zero-order valence-electron chi connectivity index (χ0n) is 10.4. The number of rotatable bonds is 3. The summed E-state index contributed by atoms with van der Waals surface area (Å²) in [4.78, 5) is 13.7. The second kappa shape index (κ2) is 5.32. The molecule has 0 bridgehead atoms. The van der Waals surface area contributed by atoms with Crippen LogP contribution in [-0.4, -0.2) is 52.2 Å². The lowest BCUT2D eigenvalue weighted by Gasteiger charge is -2.22.